The molecule has 0 atom stereocenters. The smallest absolute Gasteiger partial charge is 0.123 e. The van der Waals surface area contributed by atoms with Crippen molar-refractivity contribution in [3.05, 3.63) is 27.8 Å². The van der Waals surface area contributed by atoms with Crippen molar-refractivity contribution in [3.8, 4) is 17.6 Å². The number of hydrogen-bond acceptors (Lipinski definition) is 1. The Labute approximate surface area is 122 Å². The molecule has 1 rings (SSSR count). The first-order chi connectivity index (χ1) is 9.11. The highest BCUT2D eigenvalue weighted by Gasteiger charge is 2.12. The van der Waals surface area contributed by atoms with Crippen molar-refractivity contribution in [2.45, 2.75) is 53.4 Å². The van der Waals surface area contributed by atoms with Crippen LogP contribution < -0.4 is 4.74 Å². The van der Waals surface area contributed by atoms with Crippen molar-refractivity contribution in [3.63, 3.8) is 0 Å². The van der Waals surface area contributed by atoms with Gasteiger partial charge in [-0.2, -0.15) is 0 Å². The standard InChI is InChI=1S/C17H23ClO/c1-5-7-8-9-10-15-14(4)17(18)13(3)12-16(15)19-11-6-2/h12H,5-6,9-11H2,1-4H3. The predicted octanol–water partition coefficient (Wildman–Crippen LogP) is 5.09. The Bertz CT molecular complexity index is 480. The molecule has 0 spiro atoms. The van der Waals surface area contributed by atoms with Gasteiger partial charge in [-0.1, -0.05) is 25.4 Å². The van der Waals surface area contributed by atoms with Crippen molar-refractivity contribution in [2.75, 3.05) is 6.61 Å². The van der Waals surface area contributed by atoms with Crippen LogP contribution in [0.5, 0.6) is 5.75 Å². The van der Waals surface area contributed by atoms with Crippen LogP contribution >= 0.6 is 11.6 Å². The largest absolute Gasteiger partial charge is 0.493 e. The Morgan fingerprint density at radius 2 is 1.95 bits per heavy atom. The first-order valence-corrected chi connectivity index (χ1v) is 7.36. The normalized spacial score (nSPS) is 9.95. The molecule has 1 aromatic carbocycles. The molecule has 104 valence electrons. The SMILES string of the molecule is CCC#CCCc1c(OCCC)cc(C)c(Cl)c1C. The molecular formula is C17H23ClO. The highest BCUT2D eigenvalue weighted by Crippen LogP contribution is 2.32. The Morgan fingerprint density at radius 3 is 2.58 bits per heavy atom. The fraction of sp³-hybridized carbons (Fsp3) is 0.529. The molecule has 0 unspecified atom stereocenters. The van der Waals surface area contributed by atoms with E-state index in [1.54, 1.807) is 0 Å². The minimum Gasteiger partial charge on any atom is -0.493 e. The van der Waals surface area contributed by atoms with Crippen LogP contribution in [0.4, 0.5) is 0 Å². The highest BCUT2D eigenvalue weighted by atomic mass is 35.5. The molecule has 19 heavy (non-hydrogen) atoms. The predicted molar refractivity (Wildman–Crippen MR) is 83.1 cm³/mol. The van der Waals surface area contributed by atoms with Crippen molar-refractivity contribution in [1.29, 1.82) is 0 Å². The second-order valence-corrected chi connectivity index (χ2v) is 5.04. The quantitative estimate of drug-likeness (QED) is 0.682. The second kappa shape index (κ2) is 8.12. The number of rotatable bonds is 5. The molecule has 0 heterocycles. The zero-order chi connectivity index (χ0) is 14.3. The topological polar surface area (TPSA) is 9.23 Å². The van der Waals surface area contributed by atoms with Crippen molar-refractivity contribution in [1.82, 2.24) is 0 Å². The molecule has 0 saturated heterocycles. The molecule has 0 bridgehead atoms. The van der Waals surface area contributed by atoms with Crippen LogP contribution in [0.25, 0.3) is 0 Å². The molecule has 0 N–H and O–H groups in total. The molecule has 1 aromatic rings. The third-order valence-electron chi connectivity index (χ3n) is 3.04. The van der Waals surface area contributed by atoms with E-state index in [0.717, 1.165) is 54.2 Å². The van der Waals surface area contributed by atoms with E-state index in [-0.39, 0.29) is 0 Å². The molecular weight excluding hydrogens is 256 g/mol. The summed E-state index contributed by atoms with van der Waals surface area (Å²) >= 11 is 6.34. The Hall–Kier alpha value is -1.13. The maximum Gasteiger partial charge on any atom is 0.123 e. The summed E-state index contributed by atoms with van der Waals surface area (Å²) in [6.45, 7) is 9.01. The Balaban J connectivity index is 2.99. The molecule has 2 heteroatoms. The number of aryl methyl sites for hydroxylation is 1. The molecule has 0 fully saturated rings. The maximum absolute atomic E-state index is 6.34. The summed E-state index contributed by atoms with van der Waals surface area (Å²) < 4.78 is 5.85. The maximum atomic E-state index is 6.34. The third-order valence-corrected chi connectivity index (χ3v) is 3.62. The minimum atomic E-state index is 0.744. The van der Waals surface area contributed by atoms with Gasteiger partial charge < -0.3 is 4.74 Å². The van der Waals surface area contributed by atoms with E-state index in [1.807, 2.05) is 13.0 Å². The number of benzene rings is 1. The second-order valence-electron chi connectivity index (χ2n) is 4.66. The zero-order valence-corrected chi connectivity index (χ0v) is 13.2. The molecule has 0 aliphatic heterocycles. The lowest BCUT2D eigenvalue weighted by Crippen LogP contribution is -2.02. The average Bonchev–Trinajstić information content (AvgIpc) is 2.41. The van der Waals surface area contributed by atoms with Crippen LogP contribution in [-0.4, -0.2) is 6.61 Å². The summed E-state index contributed by atoms with van der Waals surface area (Å²) in [6, 6.07) is 2.05. The summed E-state index contributed by atoms with van der Waals surface area (Å²) in [7, 11) is 0. The Morgan fingerprint density at radius 1 is 1.21 bits per heavy atom. The minimum absolute atomic E-state index is 0.744. The zero-order valence-electron chi connectivity index (χ0n) is 12.4. The van der Waals surface area contributed by atoms with Crippen LogP contribution in [0.1, 0.15) is 49.8 Å². The number of ether oxygens (including phenoxy) is 1. The summed E-state index contributed by atoms with van der Waals surface area (Å²) in [5.74, 6) is 7.25. The van der Waals surface area contributed by atoms with Gasteiger partial charge in [-0.05, 0) is 49.4 Å². The van der Waals surface area contributed by atoms with E-state index < -0.39 is 0 Å². The van der Waals surface area contributed by atoms with Gasteiger partial charge in [0.05, 0.1) is 6.61 Å². The molecule has 0 aliphatic carbocycles. The van der Waals surface area contributed by atoms with Crippen LogP contribution in [0.15, 0.2) is 6.07 Å². The van der Waals surface area contributed by atoms with E-state index in [4.69, 9.17) is 16.3 Å². The van der Waals surface area contributed by atoms with E-state index in [0.29, 0.717) is 0 Å². The first-order valence-electron chi connectivity index (χ1n) is 6.98. The average molecular weight is 279 g/mol. The van der Waals surface area contributed by atoms with Gasteiger partial charge in [0.25, 0.3) is 0 Å². The molecule has 0 aliphatic rings. The van der Waals surface area contributed by atoms with E-state index in [1.165, 1.54) is 5.56 Å². The Kier molecular flexibility index (Phi) is 6.81. The molecule has 1 nitrogen and oxygen atoms in total. The fourth-order valence-corrected chi connectivity index (χ4v) is 2.18. The van der Waals surface area contributed by atoms with E-state index in [2.05, 4.69) is 32.6 Å². The highest BCUT2D eigenvalue weighted by molar-refractivity contribution is 6.32. The van der Waals surface area contributed by atoms with Gasteiger partial charge >= 0.3 is 0 Å². The fourth-order valence-electron chi connectivity index (χ4n) is 2.01. The molecule has 0 saturated carbocycles. The van der Waals surface area contributed by atoms with Crippen molar-refractivity contribution < 1.29 is 4.74 Å². The van der Waals surface area contributed by atoms with Gasteiger partial charge in [0.15, 0.2) is 0 Å². The van der Waals surface area contributed by atoms with Gasteiger partial charge in [0, 0.05) is 17.9 Å². The molecule has 0 aromatic heterocycles. The van der Waals surface area contributed by atoms with Crippen LogP contribution in [0.3, 0.4) is 0 Å². The molecule has 0 amide bonds. The van der Waals surface area contributed by atoms with E-state index in [9.17, 15) is 0 Å². The summed E-state index contributed by atoms with van der Waals surface area (Å²) in [5.41, 5.74) is 3.41. The monoisotopic (exact) mass is 278 g/mol. The van der Waals surface area contributed by atoms with Crippen LogP contribution in [0.2, 0.25) is 5.02 Å². The third kappa shape index (κ3) is 4.48. The van der Waals surface area contributed by atoms with Crippen molar-refractivity contribution >= 4 is 11.6 Å². The summed E-state index contributed by atoms with van der Waals surface area (Å²) in [4.78, 5) is 0. The molecule has 0 radical (unpaired) electrons. The lowest BCUT2D eigenvalue weighted by atomic mass is 10.00. The summed E-state index contributed by atoms with van der Waals surface area (Å²) in [6.07, 6.45) is 3.68. The van der Waals surface area contributed by atoms with Gasteiger partial charge in [-0.15, -0.1) is 11.8 Å². The van der Waals surface area contributed by atoms with Gasteiger partial charge in [-0.3, -0.25) is 0 Å². The van der Waals surface area contributed by atoms with Gasteiger partial charge in [-0.25, -0.2) is 0 Å². The lowest BCUT2D eigenvalue weighted by molar-refractivity contribution is 0.313. The van der Waals surface area contributed by atoms with Crippen LogP contribution in [0, 0.1) is 25.7 Å². The summed E-state index contributed by atoms with van der Waals surface area (Å²) in [5, 5.41) is 0.849. The van der Waals surface area contributed by atoms with Crippen molar-refractivity contribution in [2.24, 2.45) is 0 Å². The van der Waals surface area contributed by atoms with Gasteiger partial charge in [0.1, 0.15) is 5.75 Å². The first kappa shape index (κ1) is 15.9. The van der Waals surface area contributed by atoms with Gasteiger partial charge in [0.2, 0.25) is 0 Å². The lowest BCUT2D eigenvalue weighted by Gasteiger charge is -2.16. The van der Waals surface area contributed by atoms with Crippen LogP contribution in [-0.2, 0) is 6.42 Å². The van der Waals surface area contributed by atoms with E-state index >= 15 is 0 Å². The number of hydrogen-bond donors (Lipinski definition) is 0. The number of halogens is 1.